The maximum absolute atomic E-state index is 12.5. The van der Waals surface area contributed by atoms with E-state index >= 15 is 0 Å². The van der Waals surface area contributed by atoms with Gasteiger partial charge in [0.15, 0.2) is 0 Å². The van der Waals surface area contributed by atoms with E-state index in [9.17, 15) is 4.39 Å². The lowest BCUT2D eigenvalue weighted by Crippen LogP contribution is -2.08. The molecule has 66 valence electrons. The molecular weight excluding hydrogens is 155 g/mol. The van der Waals surface area contributed by atoms with Gasteiger partial charge in [0, 0.05) is 7.11 Å². The summed E-state index contributed by atoms with van der Waals surface area (Å²) in [6.45, 7) is 1.99. The Hall–Kier alpha value is -0.890. The van der Waals surface area contributed by atoms with Crippen molar-refractivity contribution >= 4 is 0 Å². The van der Waals surface area contributed by atoms with E-state index in [0.717, 1.165) is 12.0 Å². The van der Waals surface area contributed by atoms with Gasteiger partial charge in [-0.25, -0.2) is 4.39 Å². The lowest BCUT2D eigenvalue weighted by Gasteiger charge is -2.08. The molecule has 1 rings (SSSR count). The summed E-state index contributed by atoms with van der Waals surface area (Å²) in [5.74, 6) is -0.191. The third kappa shape index (κ3) is 2.62. The molecule has 0 aliphatic heterocycles. The van der Waals surface area contributed by atoms with Crippen LogP contribution in [0.15, 0.2) is 24.3 Å². The van der Waals surface area contributed by atoms with E-state index < -0.39 is 0 Å². The average molecular weight is 168 g/mol. The molecule has 0 amide bonds. The van der Waals surface area contributed by atoms with Crippen molar-refractivity contribution < 1.29 is 9.13 Å². The Kier molecular flexibility index (Phi) is 3.23. The second-order valence-corrected chi connectivity index (χ2v) is 2.88. The second kappa shape index (κ2) is 4.21. The van der Waals surface area contributed by atoms with Crippen LogP contribution in [0, 0.1) is 5.82 Å². The Morgan fingerprint density at radius 2 is 1.92 bits per heavy atom. The van der Waals surface area contributed by atoms with Crippen molar-refractivity contribution in [3.63, 3.8) is 0 Å². The van der Waals surface area contributed by atoms with Crippen molar-refractivity contribution in [3.8, 4) is 0 Å². The molecule has 1 atom stereocenters. The summed E-state index contributed by atoms with van der Waals surface area (Å²) < 4.78 is 17.6. The minimum atomic E-state index is -0.191. The van der Waals surface area contributed by atoms with Crippen LogP contribution in [0.3, 0.4) is 0 Å². The zero-order valence-corrected chi connectivity index (χ0v) is 7.38. The Bertz CT molecular complexity index is 230. The van der Waals surface area contributed by atoms with E-state index in [0.29, 0.717) is 0 Å². The van der Waals surface area contributed by atoms with E-state index in [1.165, 1.54) is 12.1 Å². The van der Waals surface area contributed by atoms with Crippen LogP contribution >= 0.6 is 0 Å². The highest BCUT2D eigenvalue weighted by Gasteiger charge is 2.00. The topological polar surface area (TPSA) is 9.23 Å². The van der Waals surface area contributed by atoms with Crippen LogP contribution in [0.2, 0.25) is 0 Å². The van der Waals surface area contributed by atoms with Crippen molar-refractivity contribution in [2.75, 3.05) is 7.11 Å². The zero-order chi connectivity index (χ0) is 8.97. The first kappa shape index (κ1) is 9.20. The fourth-order valence-electron chi connectivity index (χ4n) is 1.04. The van der Waals surface area contributed by atoms with Crippen LogP contribution in [-0.2, 0) is 11.2 Å². The predicted octanol–water partition coefficient (Wildman–Crippen LogP) is 2.40. The fraction of sp³-hybridized carbons (Fsp3) is 0.400. The summed E-state index contributed by atoms with van der Waals surface area (Å²) in [4.78, 5) is 0. The molecule has 2 heteroatoms. The lowest BCUT2D eigenvalue weighted by molar-refractivity contribution is 0.119. The highest BCUT2D eigenvalue weighted by atomic mass is 19.1. The molecule has 0 unspecified atom stereocenters. The van der Waals surface area contributed by atoms with Crippen LogP contribution in [-0.4, -0.2) is 13.2 Å². The van der Waals surface area contributed by atoms with Gasteiger partial charge in [0.05, 0.1) is 6.10 Å². The SMILES string of the molecule is CO[C@@H](C)Cc1ccc(F)cc1. The number of hydrogen-bond donors (Lipinski definition) is 0. The molecule has 0 saturated carbocycles. The number of ether oxygens (including phenoxy) is 1. The van der Waals surface area contributed by atoms with Crippen LogP contribution in [0.5, 0.6) is 0 Å². The molecule has 1 aromatic rings. The van der Waals surface area contributed by atoms with Crippen molar-refractivity contribution in [1.29, 1.82) is 0 Å². The third-order valence-corrected chi connectivity index (χ3v) is 1.84. The molecule has 0 aromatic heterocycles. The smallest absolute Gasteiger partial charge is 0.123 e. The monoisotopic (exact) mass is 168 g/mol. The van der Waals surface area contributed by atoms with E-state index in [2.05, 4.69) is 0 Å². The van der Waals surface area contributed by atoms with E-state index in [1.54, 1.807) is 19.2 Å². The zero-order valence-electron chi connectivity index (χ0n) is 7.38. The average Bonchev–Trinajstić information content (AvgIpc) is 2.09. The summed E-state index contributed by atoms with van der Waals surface area (Å²) in [5, 5.41) is 0. The molecule has 1 nitrogen and oxygen atoms in total. The molecule has 1 aromatic carbocycles. The minimum absolute atomic E-state index is 0.190. The molecule has 0 N–H and O–H groups in total. The number of methoxy groups -OCH3 is 1. The molecule has 0 radical (unpaired) electrons. The van der Waals surface area contributed by atoms with E-state index in [1.807, 2.05) is 6.92 Å². The van der Waals surface area contributed by atoms with Crippen LogP contribution in [0.25, 0.3) is 0 Å². The van der Waals surface area contributed by atoms with Gasteiger partial charge in [-0.1, -0.05) is 12.1 Å². The van der Waals surface area contributed by atoms with Gasteiger partial charge in [-0.3, -0.25) is 0 Å². The van der Waals surface area contributed by atoms with E-state index in [-0.39, 0.29) is 11.9 Å². The Morgan fingerprint density at radius 1 is 1.33 bits per heavy atom. The standard InChI is InChI=1S/C10H13FO/c1-8(12-2)7-9-3-5-10(11)6-4-9/h3-6,8H,7H2,1-2H3/t8-/m0/s1. The molecule has 0 fully saturated rings. The summed E-state index contributed by atoms with van der Waals surface area (Å²) in [6.07, 6.45) is 1.02. The van der Waals surface area contributed by atoms with E-state index in [4.69, 9.17) is 4.74 Å². The quantitative estimate of drug-likeness (QED) is 0.673. The molecule has 0 aliphatic carbocycles. The van der Waals surface area contributed by atoms with Gasteiger partial charge < -0.3 is 4.74 Å². The molecule has 0 heterocycles. The van der Waals surface area contributed by atoms with Gasteiger partial charge in [0.2, 0.25) is 0 Å². The summed E-state index contributed by atoms with van der Waals surface area (Å²) in [5.41, 5.74) is 1.10. The Balaban J connectivity index is 2.58. The molecule has 0 bridgehead atoms. The van der Waals surface area contributed by atoms with Gasteiger partial charge in [-0.2, -0.15) is 0 Å². The normalized spacial score (nSPS) is 12.9. The van der Waals surface area contributed by atoms with Crippen molar-refractivity contribution in [1.82, 2.24) is 0 Å². The molecule has 12 heavy (non-hydrogen) atoms. The summed E-state index contributed by atoms with van der Waals surface area (Å²) >= 11 is 0. The van der Waals surface area contributed by atoms with Crippen LogP contribution < -0.4 is 0 Å². The van der Waals surface area contributed by atoms with Crippen LogP contribution in [0.4, 0.5) is 4.39 Å². The Labute approximate surface area is 72.2 Å². The first-order valence-electron chi connectivity index (χ1n) is 3.99. The Morgan fingerprint density at radius 3 is 2.42 bits per heavy atom. The molecular formula is C10H13FO. The lowest BCUT2D eigenvalue weighted by atomic mass is 10.1. The van der Waals surface area contributed by atoms with Crippen molar-refractivity contribution in [3.05, 3.63) is 35.6 Å². The fourth-order valence-corrected chi connectivity index (χ4v) is 1.04. The van der Waals surface area contributed by atoms with Gasteiger partial charge >= 0.3 is 0 Å². The number of hydrogen-bond acceptors (Lipinski definition) is 1. The molecule has 0 aliphatic rings. The van der Waals surface area contributed by atoms with Gasteiger partial charge in [-0.05, 0) is 31.0 Å². The maximum atomic E-state index is 12.5. The highest BCUT2D eigenvalue weighted by molar-refractivity contribution is 5.16. The third-order valence-electron chi connectivity index (χ3n) is 1.84. The molecule has 0 spiro atoms. The van der Waals surface area contributed by atoms with Gasteiger partial charge in [-0.15, -0.1) is 0 Å². The van der Waals surface area contributed by atoms with Gasteiger partial charge in [0.25, 0.3) is 0 Å². The largest absolute Gasteiger partial charge is 0.381 e. The number of benzene rings is 1. The van der Waals surface area contributed by atoms with Crippen molar-refractivity contribution in [2.24, 2.45) is 0 Å². The first-order chi connectivity index (χ1) is 5.72. The van der Waals surface area contributed by atoms with Gasteiger partial charge in [0.1, 0.15) is 5.82 Å². The second-order valence-electron chi connectivity index (χ2n) is 2.88. The molecule has 0 saturated heterocycles. The van der Waals surface area contributed by atoms with Crippen LogP contribution in [0.1, 0.15) is 12.5 Å². The number of halogens is 1. The summed E-state index contributed by atoms with van der Waals surface area (Å²) in [6, 6.07) is 6.51. The highest BCUT2D eigenvalue weighted by Crippen LogP contribution is 2.06. The maximum Gasteiger partial charge on any atom is 0.123 e. The minimum Gasteiger partial charge on any atom is -0.381 e. The number of rotatable bonds is 3. The van der Waals surface area contributed by atoms with Crippen molar-refractivity contribution in [2.45, 2.75) is 19.4 Å². The summed E-state index contributed by atoms with van der Waals surface area (Å²) in [7, 11) is 1.67. The first-order valence-corrected chi connectivity index (χ1v) is 3.99. The predicted molar refractivity (Wildman–Crippen MR) is 46.6 cm³/mol.